The van der Waals surface area contributed by atoms with E-state index >= 15 is 0 Å². The van der Waals surface area contributed by atoms with Crippen LogP contribution in [0.1, 0.15) is 271 Å². The first-order valence-electron chi connectivity index (χ1n) is 24.9. The van der Waals surface area contributed by atoms with Crippen molar-refractivity contribution < 1.29 is 24.5 Å². The van der Waals surface area contributed by atoms with Crippen LogP contribution in [0.25, 0.3) is 0 Å². The van der Waals surface area contributed by atoms with Crippen molar-refractivity contribution in [2.24, 2.45) is 0 Å². The van der Waals surface area contributed by atoms with Gasteiger partial charge in [0.25, 0.3) is 0 Å². The van der Waals surface area contributed by atoms with Gasteiger partial charge in [-0.3, -0.25) is 9.59 Å². The van der Waals surface area contributed by atoms with Crippen molar-refractivity contribution in [1.29, 1.82) is 0 Å². The minimum Gasteiger partial charge on any atom is -0.462 e. The van der Waals surface area contributed by atoms with Crippen LogP contribution in [0.2, 0.25) is 0 Å². The van der Waals surface area contributed by atoms with Gasteiger partial charge in [0, 0.05) is 6.42 Å². The highest BCUT2D eigenvalue weighted by atomic mass is 16.5. The maximum atomic E-state index is 13.1. The van der Waals surface area contributed by atoms with Gasteiger partial charge in [-0.25, -0.2) is 0 Å². The summed E-state index contributed by atoms with van der Waals surface area (Å²) in [5.41, 5.74) is 0. The van der Waals surface area contributed by atoms with Crippen molar-refractivity contribution in [3.8, 4) is 0 Å². The Morgan fingerprint density at radius 3 is 1.30 bits per heavy atom. The maximum Gasteiger partial charge on any atom is 0.306 e. The molecule has 0 aromatic carbocycles. The van der Waals surface area contributed by atoms with Gasteiger partial charge in [0.2, 0.25) is 5.91 Å². The molecule has 0 bridgehead atoms. The lowest BCUT2D eigenvalue weighted by Crippen LogP contribution is -2.46. The Balaban J connectivity index is 4.48. The molecular weight excluding hydrogens is 695 g/mol. The van der Waals surface area contributed by atoms with Gasteiger partial charge >= 0.3 is 5.97 Å². The summed E-state index contributed by atoms with van der Waals surface area (Å²) in [5.74, 6) is -0.477. The number of aliphatic hydroxyl groups excluding tert-OH is 2. The van der Waals surface area contributed by atoms with E-state index in [0.29, 0.717) is 19.3 Å². The Kier molecular flexibility index (Phi) is 43.6. The second-order valence-corrected chi connectivity index (χ2v) is 17.2. The quantitative estimate of drug-likeness (QED) is 0.0324. The second kappa shape index (κ2) is 44.7. The first-order valence-corrected chi connectivity index (χ1v) is 24.9. The largest absolute Gasteiger partial charge is 0.462 e. The molecule has 56 heavy (non-hydrogen) atoms. The lowest BCUT2D eigenvalue weighted by atomic mass is 10.0. The topological polar surface area (TPSA) is 95.9 Å². The summed E-state index contributed by atoms with van der Waals surface area (Å²) < 4.78 is 5.90. The van der Waals surface area contributed by atoms with E-state index in [4.69, 9.17) is 4.74 Å². The van der Waals surface area contributed by atoms with Crippen LogP contribution in [0.15, 0.2) is 12.2 Å². The van der Waals surface area contributed by atoms with Gasteiger partial charge in [-0.05, 0) is 51.4 Å². The molecule has 3 N–H and O–H groups in total. The molecule has 0 aromatic rings. The van der Waals surface area contributed by atoms with Gasteiger partial charge < -0.3 is 20.3 Å². The third-order valence-corrected chi connectivity index (χ3v) is 11.6. The summed E-state index contributed by atoms with van der Waals surface area (Å²) in [5, 5.41) is 23.7. The average Bonchev–Trinajstić information content (AvgIpc) is 3.19. The fourth-order valence-corrected chi connectivity index (χ4v) is 7.78. The number of unbranched alkanes of at least 4 members (excludes halogenated alkanes) is 31. The lowest BCUT2D eigenvalue weighted by molar-refractivity contribution is -0.151. The van der Waals surface area contributed by atoms with Gasteiger partial charge in [-0.1, -0.05) is 219 Å². The molecule has 0 aromatic heterocycles. The van der Waals surface area contributed by atoms with E-state index in [0.717, 1.165) is 64.2 Å². The first-order chi connectivity index (χ1) is 27.5. The highest BCUT2D eigenvalue weighted by Gasteiger charge is 2.24. The molecule has 1 amide bonds. The summed E-state index contributed by atoms with van der Waals surface area (Å²) in [6.45, 7) is 6.46. The van der Waals surface area contributed by atoms with Crippen molar-refractivity contribution in [2.45, 2.75) is 289 Å². The molecule has 332 valence electrons. The summed E-state index contributed by atoms with van der Waals surface area (Å²) in [6.07, 6.45) is 48.4. The van der Waals surface area contributed by atoms with Crippen LogP contribution >= 0.6 is 0 Å². The summed E-state index contributed by atoms with van der Waals surface area (Å²) in [4.78, 5) is 26.0. The zero-order chi connectivity index (χ0) is 41.0. The van der Waals surface area contributed by atoms with Crippen molar-refractivity contribution in [1.82, 2.24) is 5.32 Å². The molecule has 3 atom stereocenters. The SMILES string of the molecule is CCCCC/C=C\CCCCCC(CC(=O)NC(CO)C(O)CCCCCCCCCCCCCCCC)OC(=O)CCCCCCCCCCCCCCC. The molecule has 0 saturated carbocycles. The van der Waals surface area contributed by atoms with Gasteiger partial charge in [-0.2, -0.15) is 0 Å². The molecule has 0 spiro atoms. The number of ether oxygens (including phenoxy) is 1. The van der Waals surface area contributed by atoms with Gasteiger partial charge in [0.1, 0.15) is 6.10 Å². The number of amides is 1. The molecular formula is C50H97NO5. The summed E-state index contributed by atoms with van der Waals surface area (Å²) in [7, 11) is 0. The van der Waals surface area contributed by atoms with Crippen LogP contribution in [0.5, 0.6) is 0 Å². The number of hydrogen-bond donors (Lipinski definition) is 3. The van der Waals surface area contributed by atoms with E-state index in [2.05, 4.69) is 38.2 Å². The van der Waals surface area contributed by atoms with Crippen LogP contribution in [0.4, 0.5) is 0 Å². The van der Waals surface area contributed by atoms with Crippen LogP contribution < -0.4 is 5.32 Å². The lowest BCUT2D eigenvalue weighted by Gasteiger charge is -2.24. The predicted molar refractivity (Wildman–Crippen MR) is 241 cm³/mol. The van der Waals surface area contributed by atoms with E-state index in [1.165, 1.54) is 161 Å². The number of aliphatic hydroxyl groups is 2. The Bertz CT molecular complexity index is 847. The molecule has 6 heteroatoms. The number of nitrogens with one attached hydrogen (secondary N) is 1. The maximum absolute atomic E-state index is 13.1. The average molecular weight is 792 g/mol. The minimum absolute atomic E-state index is 0.0732. The predicted octanol–water partition coefficient (Wildman–Crippen LogP) is 14.6. The minimum atomic E-state index is -0.784. The normalized spacial score (nSPS) is 13.3. The van der Waals surface area contributed by atoms with Crippen LogP contribution in [-0.4, -0.2) is 46.9 Å². The second-order valence-electron chi connectivity index (χ2n) is 17.2. The number of esters is 1. The number of hydrogen-bond acceptors (Lipinski definition) is 5. The molecule has 0 rings (SSSR count). The zero-order valence-corrected chi connectivity index (χ0v) is 37.8. The molecule has 0 aliphatic carbocycles. The standard InChI is InChI=1S/C50H97NO5/c1-4-7-10-13-16-19-22-24-26-27-30-33-36-39-42-48(53)47(45-52)51-49(54)44-46(41-38-35-32-29-21-18-15-12-9-6-3)56-50(55)43-40-37-34-31-28-25-23-20-17-14-11-8-5-2/h18,21,46-48,52-53H,4-17,19-20,22-45H2,1-3H3,(H,51,54)/b21-18-. The van der Waals surface area contributed by atoms with Gasteiger partial charge in [0.15, 0.2) is 0 Å². The Labute approximate surface area is 349 Å². The molecule has 0 aliphatic rings. The number of carbonyl (C=O) groups excluding carboxylic acids is 2. The van der Waals surface area contributed by atoms with Gasteiger partial charge in [0.05, 0.1) is 25.2 Å². The molecule has 0 fully saturated rings. The van der Waals surface area contributed by atoms with Crippen molar-refractivity contribution in [2.75, 3.05) is 6.61 Å². The third kappa shape index (κ3) is 39.4. The fraction of sp³-hybridized carbons (Fsp3) is 0.920. The first kappa shape index (κ1) is 54.6. The zero-order valence-electron chi connectivity index (χ0n) is 37.8. The Morgan fingerprint density at radius 2 is 0.857 bits per heavy atom. The van der Waals surface area contributed by atoms with E-state index in [1.807, 2.05) is 0 Å². The van der Waals surface area contributed by atoms with Crippen LogP contribution in [0, 0.1) is 0 Å². The molecule has 0 radical (unpaired) electrons. The van der Waals surface area contributed by atoms with Crippen LogP contribution in [0.3, 0.4) is 0 Å². The van der Waals surface area contributed by atoms with E-state index in [-0.39, 0.29) is 24.9 Å². The number of rotatable bonds is 45. The third-order valence-electron chi connectivity index (χ3n) is 11.6. The molecule has 0 aliphatic heterocycles. The highest BCUT2D eigenvalue weighted by Crippen LogP contribution is 2.18. The Hall–Kier alpha value is -1.40. The van der Waals surface area contributed by atoms with E-state index in [9.17, 15) is 19.8 Å². The number of allylic oxidation sites excluding steroid dienone is 2. The molecule has 3 unspecified atom stereocenters. The van der Waals surface area contributed by atoms with Crippen molar-refractivity contribution in [3.63, 3.8) is 0 Å². The Morgan fingerprint density at radius 1 is 0.500 bits per heavy atom. The monoisotopic (exact) mass is 792 g/mol. The van der Waals surface area contributed by atoms with Crippen molar-refractivity contribution >= 4 is 11.9 Å². The summed E-state index contributed by atoms with van der Waals surface area (Å²) >= 11 is 0. The van der Waals surface area contributed by atoms with Crippen molar-refractivity contribution in [3.05, 3.63) is 12.2 Å². The molecule has 0 saturated heterocycles. The highest BCUT2D eigenvalue weighted by molar-refractivity contribution is 5.77. The number of carbonyl (C=O) groups is 2. The van der Waals surface area contributed by atoms with Gasteiger partial charge in [-0.15, -0.1) is 0 Å². The molecule has 0 heterocycles. The summed E-state index contributed by atoms with van der Waals surface area (Å²) in [6, 6.07) is -0.698. The molecule has 6 nitrogen and oxygen atoms in total. The van der Waals surface area contributed by atoms with E-state index in [1.54, 1.807) is 0 Å². The fourth-order valence-electron chi connectivity index (χ4n) is 7.78. The van der Waals surface area contributed by atoms with Crippen LogP contribution in [-0.2, 0) is 14.3 Å². The smallest absolute Gasteiger partial charge is 0.306 e. The van der Waals surface area contributed by atoms with E-state index < -0.39 is 18.2 Å².